The lowest BCUT2D eigenvalue weighted by molar-refractivity contribution is 1.07. The molecule has 15 heavy (non-hydrogen) atoms. The Bertz CT molecular complexity index is 471. The van der Waals surface area contributed by atoms with Crippen molar-refractivity contribution >= 4 is 27.5 Å². The molecule has 0 spiro atoms. The fourth-order valence-electron chi connectivity index (χ4n) is 1.39. The lowest BCUT2D eigenvalue weighted by Crippen LogP contribution is -1.92. The molecule has 0 aliphatic carbocycles. The third-order valence-corrected chi connectivity index (χ3v) is 2.93. The average molecular weight is 283 g/mol. The van der Waals surface area contributed by atoms with Gasteiger partial charge in [-0.2, -0.15) is 0 Å². The normalized spacial score (nSPS) is 10.3. The zero-order valence-corrected chi connectivity index (χ0v) is 10.3. The van der Waals surface area contributed by atoms with E-state index in [2.05, 4.69) is 33.0 Å². The third-order valence-electron chi connectivity index (χ3n) is 2.10. The number of benzene rings is 1. The Hall–Kier alpha value is -0.860. The first-order chi connectivity index (χ1) is 7.25. The van der Waals surface area contributed by atoms with Gasteiger partial charge in [-0.3, -0.25) is 4.98 Å². The molecule has 0 aliphatic heterocycles. The average Bonchev–Trinajstić information content (AvgIpc) is 2.22. The Balaban J connectivity index is 2.26. The van der Waals surface area contributed by atoms with Crippen LogP contribution in [0.3, 0.4) is 0 Å². The highest BCUT2D eigenvalue weighted by Crippen LogP contribution is 2.18. The summed E-state index contributed by atoms with van der Waals surface area (Å²) >= 11 is 9.48. The summed E-state index contributed by atoms with van der Waals surface area (Å²) in [5, 5.41) is 0.720. The molecule has 0 atom stereocenters. The number of halogens is 2. The second-order valence-electron chi connectivity index (χ2n) is 3.24. The molecule has 0 saturated heterocycles. The van der Waals surface area contributed by atoms with Crippen LogP contribution in [0.15, 0.2) is 47.1 Å². The first-order valence-corrected chi connectivity index (χ1v) is 5.76. The molecule has 0 aliphatic rings. The van der Waals surface area contributed by atoms with E-state index in [9.17, 15) is 0 Å². The Morgan fingerprint density at radius 1 is 1.20 bits per heavy atom. The Labute approximate surface area is 102 Å². The van der Waals surface area contributed by atoms with Crippen molar-refractivity contribution in [3.8, 4) is 0 Å². The lowest BCUT2D eigenvalue weighted by Gasteiger charge is -2.03. The van der Waals surface area contributed by atoms with Gasteiger partial charge in [0.2, 0.25) is 0 Å². The molecule has 0 amide bonds. The van der Waals surface area contributed by atoms with Gasteiger partial charge in [-0.05, 0) is 29.8 Å². The van der Waals surface area contributed by atoms with Crippen LogP contribution in [0, 0.1) is 0 Å². The van der Waals surface area contributed by atoms with Gasteiger partial charge >= 0.3 is 0 Å². The summed E-state index contributed by atoms with van der Waals surface area (Å²) in [4.78, 5) is 4.26. The maximum atomic E-state index is 6.04. The topological polar surface area (TPSA) is 12.9 Å². The molecule has 0 fully saturated rings. The molecule has 0 unspecified atom stereocenters. The zero-order valence-electron chi connectivity index (χ0n) is 7.95. The van der Waals surface area contributed by atoms with E-state index in [4.69, 9.17) is 11.6 Å². The van der Waals surface area contributed by atoms with Crippen molar-refractivity contribution in [1.82, 2.24) is 4.98 Å². The SMILES string of the molecule is Clc1cccnc1Cc1cccc(Br)c1. The number of hydrogen-bond donors (Lipinski definition) is 0. The minimum atomic E-state index is 0.720. The summed E-state index contributed by atoms with van der Waals surface area (Å²) in [6, 6.07) is 11.9. The first-order valence-electron chi connectivity index (χ1n) is 4.59. The maximum absolute atomic E-state index is 6.04. The van der Waals surface area contributed by atoms with Gasteiger partial charge < -0.3 is 0 Å². The molecular weight excluding hydrogens is 273 g/mol. The molecule has 76 valence electrons. The van der Waals surface area contributed by atoms with E-state index in [1.807, 2.05) is 24.3 Å². The Kier molecular flexibility index (Phi) is 3.39. The standard InChI is InChI=1S/C12H9BrClN/c13-10-4-1-3-9(7-10)8-12-11(14)5-2-6-15-12/h1-7H,8H2. The van der Waals surface area contributed by atoms with E-state index in [0.717, 1.165) is 21.6 Å². The third kappa shape index (κ3) is 2.80. The molecule has 0 saturated carbocycles. The van der Waals surface area contributed by atoms with E-state index in [1.54, 1.807) is 6.20 Å². The first kappa shape index (κ1) is 10.7. The molecular formula is C12H9BrClN. The van der Waals surface area contributed by atoms with Gasteiger partial charge in [0.25, 0.3) is 0 Å². The van der Waals surface area contributed by atoms with Gasteiger partial charge in [-0.1, -0.05) is 39.7 Å². The van der Waals surface area contributed by atoms with Crippen LogP contribution >= 0.6 is 27.5 Å². The molecule has 1 aromatic heterocycles. The van der Waals surface area contributed by atoms with Crippen LogP contribution in [0.4, 0.5) is 0 Å². The highest BCUT2D eigenvalue weighted by Gasteiger charge is 2.02. The van der Waals surface area contributed by atoms with Crippen LogP contribution in [0.5, 0.6) is 0 Å². The van der Waals surface area contributed by atoms with E-state index in [-0.39, 0.29) is 0 Å². The number of rotatable bonds is 2. The summed E-state index contributed by atoms with van der Waals surface area (Å²) in [6.45, 7) is 0. The maximum Gasteiger partial charge on any atom is 0.0633 e. The van der Waals surface area contributed by atoms with Crippen molar-refractivity contribution in [1.29, 1.82) is 0 Å². The van der Waals surface area contributed by atoms with Gasteiger partial charge in [0, 0.05) is 17.1 Å². The van der Waals surface area contributed by atoms with E-state index >= 15 is 0 Å². The zero-order chi connectivity index (χ0) is 10.7. The summed E-state index contributed by atoms with van der Waals surface area (Å²) < 4.78 is 1.08. The minimum absolute atomic E-state index is 0.720. The van der Waals surface area contributed by atoms with Crippen molar-refractivity contribution in [2.75, 3.05) is 0 Å². The Morgan fingerprint density at radius 2 is 2.07 bits per heavy atom. The van der Waals surface area contributed by atoms with Gasteiger partial charge in [-0.25, -0.2) is 0 Å². The fourth-order valence-corrected chi connectivity index (χ4v) is 2.02. The van der Waals surface area contributed by atoms with Crippen molar-refractivity contribution in [3.05, 3.63) is 63.3 Å². The van der Waals surface area contributed by atoms with Gasteiger partial charge in [0.15, 0.2) is 0 Å². The van der Waals surface area contributed by atoms with Crippen molar-refractivity contribution in [3.63, 3.8) is 0 Å². The van der Waals surface area contributed by atoms with Crippen LogP contribution in [-0.4, -0.2) is 4.98 Å². The molecule has 0 N–H and O–H groups in total. The molecule has 1 aromatic carbocycles. The summed E-state index contributed by atoms with van der Waals surface area (Å²) in [5.41, 5.74) is 2.11. The van der Waals surface area contributed by atoms with Crippen molar-refractivity contribution < 1.29 is 0 Å². The second kappa shape index (κ2) is 4.77. The molecule has 2 aromatic rings. The largest absolute Gasteiger partial charge is 0.259 e. The number of aromatic nitrogens is 1. The van der Waals surface area contributed by atoms with Gasteiger partial charge in [-0.15, -0.1) is 0 Å². The number of pyridine rings is 1. The molecule has 0 bridgehead atoms. The molecule has 3 heteroatoms. The molecule has 0 radical (unpaired) electrons. The smallest absolute Gasteiger partial charge is 0.0633 e. The van der Waals surface area contributed by atoms with Crippen LogP contribution in [0.2, 0.25) is 5.02 Å². The molecule has 2 rings (SSSR count). The van der Waals surface area contributed by atoms with Crippen LogP contribution in [0.1, 0.15) is 11.3 Å². The summed E-state index contributed by atoms with van der Waals surface area (Å²) in [6.07, 6.45) is 2.53. The monoisotopic (exact) mass is 281 g/mol. The quantitative estimate of drug-likeness (QED) is 0.808. The minimum Gasteiger partial charge on any atom is -0.259 e. The summed E-state index contributed by atoms with van der Waals surface area (Å²) in [7, 11) is 0. The van der Waals surface area contributed by atoms with Crippen LogP contribution in [0.25, 0.3) is 0 Å². The van der Waals surface area contributed by atoms with Crippen LogP contribution < -0.4 is 0 Å². The van der Waals surface area contributed by atoms with Gasteiger partial charge in [0.1, 0.15) is 0 Å². The highest BCUT2D eigenvalue weighted by atomic mass is 79.9. The van der Waals surface area contributed by atoms with Crippen molar-refractivity contribution in [2.45, 2.75) is 6.42 Å². The number of hydrogen-bond acceptors (Lipinski definition) is 1. The predicted octanol–water partition coefficient (Wildman–Crippen LogP) is 4.09. The van der Waals surface area contributed by atoms with E-state index < -0.39 is 0 Å². The van der Waals surface area contributed by atoms with Crippen LogP contribution in [-0.2, 0) is 6.42 Å². The van der Waals surface area contributed by atoms with Gasteiger partial charge in [0.05, 0.1) is 10.7 Å². The molecule has 1 nitrogen and oxygen atoms in total. The summed E-state index contributed by atoms with van der Waals surface area (Å²) in [5.74, 6) is 0. The predicted molar refractivity (Wildman–Crippen MR) is 66.2 cm³/mol. The Morgan fingerprint density at radius 3 is 2.80 bits per heavy atom. The van der Waals surface area contributed by atoms with Crippen molar-refractivity contribution in [2.24, 2.45) is 0 Å². The molecule has 1 heterocycles. The number of nitrogens with zero attached hydrogens (tertiary/aromatic N) is 1. The van der Waals surface area contributed by atoms with E-state index in [1.165, 1.54) is 5.56 Å². The second-order valence-corrected chi connectivity index (χ2v) is 4.56. The highest BCUT2D eigenvalue weighted by molar-refractivity contribution is 9.10. The lowest BCUT2D eigenvalue weighted by atomic mass is 10.1. The van der Waals surface area contributed by atoms with E-state index in [0.29, 0.717) is 0 Å². The fraction of sp³-hybridized carbons (Fsp3) is 0.0833.